The van der Waals surface area contributed by atoms with E-state index in [-0.39, 0.29) is 17.0 Å². The second kappa shape index (κ2) is 6.68. The fourth-order valence-electron chi connectivity index (χ4n) is 1.81. The van der Waals surface area contributed by atoms with Crippen molar-refractivity contribution in [2.45, 2.75) is 19.0 Å². The van der Waals surface area contributed by atoms with E-state index in [2.05, 4.69) is 9.72 Å². The summed E-state index contributed by atoms with van der Waals surface area (Å²) in [6.45, 7) is 1.10. The number of hydrogen-bond acceptors (Lipinski definition) is 4. The van der Waals surface area contributed by atoms with E-state index in [1.807, 2.05) is 0 Å². The van der Waals surface area contributed by atoms with E-state index < -0.39 is 18.1 Å². The number of benzene rings is 1. The van der Waals surface area contributed by atoms with Crippen molar-refractivity contribution in [3.63, 3.8) is 0 Å². The molecule has 0 amide bonds. The summed E-state index contributed by atoms with van der Waals surface area (Å²) < 4.78 is 47.9. The van der Waals surface area contributed by atoms with Gasteiger partial charge in [0.05, 0.1) is 18.6 Å². The maximum atomic E-state index is 12.6. The van der Waals surface area contributed by atoms with Gasteiger partial charge in [-0.1, -0.05) is 12.1 Å². The van der Waals surface area contributed by atoms with Crippen molar-refractivity contribution in [2.24, 2.45) is 0 Å². The highest BCUT2D eigenvalue weighted by atomic mass is 19.4. The first-order chi connectivity index (χ1) is 10.8. The minimum atomic E-state index is -4.28. The molecule has 4 nitrogen and oxygen atoms in total. The van der Waals surface area contributed by atoms with Crippen LogP contribution in [0.1, 0.15) is 28.8 Å². The minimum Gasteiger partial charge on any atom is -0.465 e. The van der Waals surface area contributed by atoms with Gasteiger partial charge in [-0.3, -0.25) is 0 Å². The zero-order valence-electron chi connectivity index (χ0n) is 12.4. The van der Waals surface area contributed by atoms with Gasteiger partial charge in [-0.05, 0) is 30.7 Å². The Hall–Kier alpha value is -2.57. The molecule has 1 aromatic heterocycles. The number of carbonyl (C=O) groups is 1. The predicted octanol–water partition coefficient (Wildman–Crippen LogP) is 4.33. The van der Waals surface area contributed by atoms with Crippen LogP contribution < -0.4 is 4.74 Å². The molecule has 0 saturated heterocycles. The van der Waals surface area contributed by atoms with Crippen molar-refractivity contribution in [1.82, 2.24) is 4.98 Å². The van der Waals surface area contributed by atoms with Crippen molar-refractivity contribution < 1.29 is 27.4 Å². The second-order valence-electron chi connectivity index (χ2n) is 4.81. The molecule has 1 atom stereocenters. The second-order valence-corrected chi connectivity index (χ2v) is 4.81. The standard InChI is InChI=1S/C16H14F3NO3/c1-10(16(17,18)19)11-3-6-13(7-4-11)23-14-8-5-12(9-20-14)15(21)22-2/h3-10H,1-2H3. The van der Waals surface area contributed by atoms with Gasteiger partial charge in [0.2, 0.25) is 5.88 Å². The van der Waals surface area contributed by atoms with Crippen molar-refractivity contribution in [2.75, 3.05) is 7.11 Å². The van der Waals surface area contributed by atoms with E-state index in [0.29, 0.717) is 5.75 Å². The Bertz CT molecular complexity index is 666. The van der Waals surface area contributed by atoms with E-state index in [9.17, 15) is 18.0 Å². The Morgan fingerprint density at radius 2 is 1.78 bits per heavy atom. The predicted molar refractivity (Wildman–Crippen MR) is 76.6 cm³/mol. The van der Waals surface area contributed by atoms with Crippen molar-refractivity contribution in [1.29, 1.82) is 0 Å². The molecule has 2 aromatic rings. The van der Waals surface area contributed by atoms with Crippen LogP contribution in [-0.2, 0) is 4.74 Å². The molecule has 1 aromatic carbocycles. The Balaban J connectivity index is 2.08. The summed E-state index contributed by atoms with van der Waals surface area (Å²) in [7, 11) is 1.26. The summed E-state index contributed by atoms with van der Waals surface area (Å²) >= 11 is 0. The average molecular weight is 325 g/mol. The molecule has 0 aliphatic carbocycles. The first-order valence-corrected chi connectivity index (χ1v) is 6.70. The molecule has 0 aliphatic rings. The molecule has 0 N–H and O–H groups in total. The number of aromatic nitrogens is 1. The number of carbonyl (C=O) groups excluding carboxylic acids is 1. The first-order valence-electron chi connectivity index (χ1n) is 6.70. The van der Waals surface area contributed by atoms with Crippen LogP contribution in [0, 0.1) is 0 Å². The number of hydrogen-bond donors (Lipinski definition) is 0. The molecule has 0 bridgehead atoms. The molecule has 7 heteroatoms. The number of nitrogens with zero attached hydrogens (tertiary/aromatic N) is 1. The summed E-state index contributed by atoms with van der Waals surface area (Å²) in [6, 6.07) is 8.54. The quantitative estimate of drug-likeness (QED) is 0.785. The van der Waals surface area contributed by atoms with Crippen molar-refractivity contribution >= 4 is 5.97 Å². The zero-order valence-corrected chi connectivity index (χ0v) is 12.4. The number of rotatable bonds is 4. The van der Waals surface area contributed by atoms with Gasteiger partial charge in [-0.2, -0.15) is 13.2 Å². The lowest BCUT2D eigenvalue weighted by molar-refractivity contribution is -0.146. The molecule has 122 valence electrons. The van der Waals surface area contributed by atoms with Crippen LogP contribution >= 0.6 is 0 Å². The van der Waals surface area contributed by atoms with Crippen LogP contribution in [0.15, 0.2) is 42.6 Å². The Kier molecular flexibility index (Phi) is 4.88. The molecule has 1 heterocycles. The third-order valence-electron chi connectivity index (χ3n) is 3.25. The van der Waals surface area contributed by atoms with Gasteiger partial charge < -0.3 is 9.47 Å². The Morgan fingerprint density at radius 1 is 1.13 bits per heavy atom. The highest BCUT2D eigenvalue weighted by Gasteiger charge is 2.36. The van der Waals surface area contributed by atoms with E-state index in [0.717, 1.165) is 6.92 Å². The number of pyridine rings is 1. The zero-order chi connectivity index (χ0) is 17.0. The molecule has 0 fully saturated rings. The topological polar surface area (TPSA) is 48.4 Å². The third-order valence-corrected chi connectivity index (χ3v) is 3.25. The van der Waals surface area contributed by atoms with Crippen LogP contribution in [0.2, 0.25) is 0 Å². The normalized spacial score (nSPS) is 12.6. The third kappa shape index (κ3) is 4.21. The highest BCUT2D eigenvalue weighted by molar-refractivity contribution is 5.88. The van der Waals surface area contributed by atoms with E-state index in [1.165, 1.54) is 49.7 Å². The molecule has 1 unspecified atom stereocenters. The summed E-state index contributed by atoms with van der Waals surface area (Å²) in [5, 5.41) is 0. The van der Waals surface area contributed by atoms with E-state index >= 15 is 0 Å². The van der Waals surface area contributed by atoms with Crippen molar-refractivity contribution in [3.05, 3.63) is 53.7 Å². The fraction of sp³-hybridized carbons (Fsp3) is 0.250. The smallest absolute Gasteiger partial charge is 0.395 e. The van der Waals surface area contributed by atoms with Crippen LogP contribution in [0.4, 0.5) is 13.2 Å². The van der Waals surface area contributed by atoms with E-state index in [1.54, 1.807) is 0 Å². The monoisotopic (exact) mass is 325 g/mol. The number of methoxy groups -OCH3 is 1. The van der Waals surface area contributed by atoms with Gasteiger partial charge in [0.25, 0.3) is 0 Å². The van der Waals surface area contributed by atoms with Crippen LogP contribution in [0.3, 0.4) is 0 Å². The number of alkyl halides is 3. The number of ether oxygens (including phenoxy) is 2. The Morgan fingerprint density at radius 3 is 2.26 bits per heavy atom. The molecular formula is C16H14F3NO3. The molecule has 2 rings (SSSR count). The lowest BCUT2D eigenvalue weighted by atomic mass is 10.0. The van der Waals surface area contributed by atoms with Gasteiger partial charge >= 0.3 is 12.1 Å². The number of esters is 1. The maximum Gasteiger partial charge on any atom is 0.395 e. The molecule has 0 spiro atoms. The highest BCUT2D eigenvalue weighted by Crippen LogP contribution is 2.35. The van der Waals surface area contributed by atoms with E-state index in [4.69, 9.17) is 4.74 Å². The lowest BCUT2D eigenvalue weighted by Gasteiger charge is -2.16. The maximum absolute atomic E-state index is 12.6. The van der Waals surface area contributed by atoms with Gasteiger partial charge in [-0.25, -0.2) is 9.78 Å². The van der Waals surface area contributed by atoms with Crippen molar-refractivity contribution in [3.8, 4) is 11.6 Å². The minimum absolute atomic E-state index is 0.152. The largest absolute Gasteiger partial charge is 0.465 e. The summed E-state index contributed by atoms with van der Waals surface area (Å²) in [5.41, 5.74) is 0.424. The van der Waals surface area contributed by atoms with Crippen LogP contribution in [0.5, 0.6) is 11.6 Å². The van der Waals surface area contributed by atoms with Gasteiger partial charge in [-0.15, -0.1) is 0 Å². The van der Waals surface area contributed by atoms with Gasteiger partial charge in [0, 0.05) is 12.3 Å². The molecule has 0 saturated carbocycles. The first kappa shape index (κ1) is 16.8. The van der Waals surface area contributed by atoms with Gasteiger partial charge in [0.15, 0.2) is 0 Å². The molecular weight excluding hydrogens is 311 g/mol. The summed E-state index contributed by atoms with van der Waals surface area (Å²) in [4.78, 5) is 15.2. The molecule has 0 aliphatic heterocycles. The average Bonchev–Trinajstić information content (AvgIpc) is 2.54. The fourth-order valence-corrected chi connectivity index (χ4v) is 1.81. The van der Waals surface area contributed by atoms with Crippen LogP contribution in [-0.4, -0.2) is 24.2 Å². The lowest BCUT2D eigenvalue weighted by Crippen LogP contribution is -2.17. The van der Waals surface area contributed by atoms with Crippen LogP contribution in [0.25, 0.3) is 0 Å². The summed E-state index contributed by atoms with van der Waals surface area (Å²) in [6.07, 6.45) is -2.99. The summed E-state index contributed by atoms with van der Waals surface area (Å²) in [5.74, 6) is -1.50. The SMILES string of the molecule is COC(=O)c1ccc(Oc2ccc(C(C)C(F)(F)F)cc2)nc1. The molecule has 23 heavy (non-hydrogen) atoms. The van der Waals surface area contributed by atoms with Gasteiger partial charge in [0.1, 0.15) is 5.75 Å². The Labute approximate surface area is 130 Å². The molecule has 0 radical (unpaired) electrons. The number of halogens is 3.